The molecule has 0 spiro atoms. The molecule has 0 N–H and O–H groups in total. The summed E-state index contributed by atoms with van der Waals surface area (Å²) >= 11 is 0. The van der Waals surface area contributed by atoms with Gasteiger partial charge in [0.1, 0.15) is 0 Å². The van der Waals surface area contributed by atoms with E-state index in [1.165, 1.54) is 25.7 Å². The van der Waals surface area contributed by atoms with Gasteiger partial charge in [-0.3, -0.25) is 0 Å². The summed E-state index contributed by atoms with van der Waals surface area (Å²) in [7, 11) is 0. The molecule has 0 unspecified atom stereocenters. The van der Waals surface area contributed by atoms with Crippen molar-refractivity contribution in [2.24, 2.45) is 0 Å². The molecule has 0 saturated carbocycles. The van der Waals surface area contributed by atoms with Crippen LogP contribution in [0, 0.1) is 0 Å². The molecule has 0 heterocycles. The SMILES string of the molecule is CCCCCCCC(=O)[O-].CCCCCCCC(=O)[O-].[Rh+2]. The van der Waals surface area contributed by atoms with E-state index in [4.69, 9.17) is 0 Å². The molecule has 0 aromatic heterocycles. The Hall–Kier alpha value is -0.437. The van der Waals surface area contributed by atoms with Crippen molar-refractivity contribution in [3.05, 3.63) is 0 Å². The van der Waals surface area contributed by atoms with Gasteiger partial charge in [-0.2, -0.15) is 0 Å². The first-order valence-electron chi connectivity index (χ1n) is 7.94. The maximum absolute atomic E-state index is 9.92. The van der Waals surface area contributed by atoms with Crippen LogP contribution in [0.4, 0.5) is 0 Å². The van der Waals surface area contributed by atoms with Gasteiger partial charge in [0.25, 0.3) is 0 Å². The minimum atomic E-state index is -0.920. The fourth-order valence-electron chi connectivity index (χ4n) is 1.75. The standard InChI is InChI=1S/2C8H16O2.Rh/c2*1-2-3-4-5-6-7-8(9)10;/h2*2-7H2,1H3,(H,9,10);/q;;+2/p-2. The zero-order chi connectivity index (χ0) is 15.6. The second kappa shape index (κ2) is 21.9. The van der Waals surface area contributed by atoms with E-state index in [-0.39, 0.29) is 32.3 Å². The van der Waals surface area contributed by atoms with Crippen LogP contribution in [0.2, 0.25) is 0 Å². The number of carbonyl (C=O) groups excluding carboxylic acids is 2. The van der Waals surface area contributed by atoms with E-state index in [1.807, 2.05) is 0 Å². The summed E-state index contributed by atoms with van der Waals surface area (Å²) in [5.41, 5.74) is 0. The summed E-state index contributed by atoms with van der Waals surface area (Å²) in [6.45, 7) is 4.28. The molecule has 0 aromatic carbocycles. The Kier molecular flexibility index (Phi) is 26.6. The molecule has 21 heavy (non-hydrogen) atoms. The van der Waals surface area contributed by atoms with Crippen LogP contribution in [0.15, 0.2) is 0 Å². The molecule has 0 aliphatic rings. The van der Waals surface area contributed by atoms with E-state index in [2.05, 4.69) is 13.8 Å². The summed E-state index contributed by atoms with van der Waals surface area (Å²) in [6.07, 6.45) is 11.2. The van der Waals surface area contributed by atoms with Gasteiger partial charge in [0.2, 0.25) is 0 Å². The largest absolute Gasteiger partial charge is 2.00 e. The number of carbonyl (C=O) groups is 2. The van der Waals surface area contributed by atoms with Gasteiger partial charge in [-0.15, -0.1) is 0 Å². The maximum atomic E-state index is 9.92. The summed E-state index contributed by atoms with van der Waals surface area (Å²) in [4.78, 5) is 19.8. The van der Waals surface area contributed by atoms with Crippen molar-refractivity contribution in [2.75, 3.05) is 0 Å². The summed E-state index contributed by atoms with van der Waals surface area (Å²) in [6, 6.07) is 0. The van der Waals surface area contributed by atoms with Crippen molar-refractivity contribution < 1.29 is 39.3 Å². The van der Waals surface area contributed by atoms with Crippen LogP contribution in [0.3, 0.4) is 0 Å². The molecule has 0 aromatic rings. The second-order valence-corrected chi connectivity index (χ2v) is 5.07. The topological polar surface area (TPSA) is 80.3 Å². The van der Waals surface area contributed by atoms with Crippen LogP contribution in [0.25, 0.3) is 0 Å². The van der Waals surface area contributed by atoms with Gasteiger partial charge in [-0.25, -0.2) is 0 Å². The molecule has 0 aliphatic heterocycles. The Morgan fingerprint density at radius 1 is 0.619 bits per heavy atom. The van der Waals surface area contributed by atoms with Gasteiger partial charge in [-0.05, 0) is 25.7 Å². The molecule has 127 valence electrons. The summed E-state index contributed by atoms with van der Waals surface area (Å²) in [5.74, 6) is -1.84. The number of unbranched alkanes of at least 4 members (excludes halogenated alkanes) is 8. The van der Waals surface area contributed by atoms with Gasteiger partial charge in [0, 0.05) is 11.9 Å². The van der Waals surface area contributed by atoms with Gasteiger partial charge >= 0.3 is 19.5 Å². The number of hydrogen-bond acceptors (Lipinski definition) is 4. The van der Waals surface area contributed by atoms with E-state index in [9.17, 15) is 19.8 Å². The Morgan fingerprint density at radius 2 is 0.905 bits per heavy atom. The maximum Gasteiger partial charge on any atom is 2.00 e. The third kappa shape index (κ3) is 32.8. The average molecular weight is 389 g/mol. The number of carboxylic acids is 2. The van der Waals surface area contributed by atoms with Crippen molar-refractivity contribution in [3.8, 4) is 0 Å². The third-order valence-corrected chi connectivity index (χ3v) is 2.97. The van der Waals surface area contributed by atoms with Crippen LogP contribution < -0.4 is 10.2 Å². The molecule has 4 nitrogen and oxygen atoms in total. The first-order chi connectivity index (χ1) is 9.54. The minimum Gasteiger partial charge on any atom is -0.550 e. The van der Waals surface area contributed by atoms with Crippen LogP contribution in [-0.4, -0.2) is 11.9 Å². The number of rotatable bonds is 12. The molecule has 0 atom stereocenters. The van der Waals surface area contributed by atoms with Crippen molar-refractivity contribution in [3.63, 3.8) is 0 Å². The first kappa shape index (κ1) is 25.5. The van der Waals surface area contributed by atoms with E-state index >= 15 is 0 Å². The van der Waals surface area contributed by atoms with Crippen molar-refractivity contribution in [1.82, 2.24) is 0 Å². The Bertz CT molecular complexity index is 208. The number of carboxylic acid groups (broad SMARTS) is 2. The molecular weight excluding hydrogens is 359 g/mol. The van der Waals surface area contributed by atoms with Crippen LogP contribution in [0.5, 0.6) is 0 Å². The summed E-state index contributed by atoms with van der Waals surface area (Å²) < 4.78 is 0. The monoisotopic (exact) mass is 389 g/mol. The molecule has 0 amide bonds. The normalized spacial score (nSPS) is 9.24. The van der Waals surface area contributed by atoms with Crippen LogP contribution in [0.1, 0.15) is 90.9 Å². The van der Waals surface area contributed by atoms with Crippen LogP contribution in [-0.2, 0) is 29.1 Å². The molecule has 0 aliphatic carbocycles. The predicted octanol–water partition coefficient (Wildman–Crippen LogP) is 2.19. The fourth-order valence-corrected chi connectivity index (χ4v) is 1.75. The van der Waals surface area contributed by atoms with E-state index in [1.54, 1.807) is 0 Å². The number of aliphatic carboxylic acids is 2. The molecule has 1 radical (unpaired) electrons. The Labute approximate surface area is 142 Å². The fraction of sp³-hybridized carbons (Fsp3) is 0.875. The molecule has 5 heteroatoms. The quantitative estimate of drug-likeness (QED) is 0.379. The average Bonchev–Trinajstić information content (AvgIpc) is 2.38. The van der Waals surface area contributed by atoms with Crippen molar-refractivity contribution in [1.29, 1.82) is 0 Å². The smallest absolute Gasteiger partial charge is 0.550 e. The van der Waals surface area contributed by atoms with Crippen molar-refractivity contribution >= 4 is 11.9 Å². The minimum absolute atomic E-state index is 0. The number of hydrogen-bond donors (Lipinski definition) is 0. The van der Waals surface area contributed by atoms with Gasteiger partial charge in [0.15, 0.2) is 0 Å². The second-order valence-electron chi connectivity index (χ2n) is 5.07. The zero-order valence-electron chi connectivity index (χ0n) is 13.5. The Morgan fingerprint density at radius 3 is 1.14 bits per heavy atom. The molecule has 0 fully saturated rings. The van der Waals surface area contributed by atoms with Crippen molar-refractivity contribution in [2.45, 2.75) is 90.9 Å². The van der Waals surface area contributed by atoms with E-state index < -0.39 is 11.9 Å². The van der Waals surface area contributed by atoms with Gasteiger partial charge in [-0.1, -0.05) is 65.2 Å². The van der Waals surface area contributed by atoms with Crippen LogP contribution >= 0.6 is 0 Å². The Balaban J connectivity index is -0.000000295. The molecule has 0 saturated heterocycles. The molecule has 0 bridgehead atoms. The van der Waals surface area contributed by atoms with Gasteiger partial charge < -0.3 is 19.8 Å². The van der Waals surface area contributed by atoms with Gasteiger partial charge in [0.05, 0.1) is 0 Å². The van der Waals surface area contributed by atoms with E-state index in [0.29, 0.717) is 0 Å². The predicted molar refractivity (Wildman–Crippen MR) is 76.8 cm³/mol. The molecular formula is C16H30O4Rh. The summed E-state index contributed by atoms with van der Waals surface area (Å²) in [5, 5.41) is 19.8. The first-order valence-corrected chi connectivity index (χ1v) is 7.94. The van der Waals surface area contributed by atoms with E-state index in [0.717, 1.165) is 38.5 Å². The molecule has 0 rings (SSSR count). The zero-order valence-corrected chi connectivity index (χ0v) is 15.1. The third-order valence-electron chi connectivity index (χ3n) is 2.97.